The molecule has 0 saturated carbocycles. The van der Waals surface area contributed by atoms with Crippen LogP contribution in [-0.2, 0) is 11.2 Å². The Hall–Kier alpha value is -2.24. The van der Waals surface area contributed by atoms with Crippen LogP contribution in [0.4, 0.5) is 0 Å². The molecule has 0 spiro atoms. The van der Waals surface area contributed by atoms with Gasteiger partial charge in [-0.25, -0.2) is 5.01 Å². The normalized spacial score (nSPS) is 16.1. The lowest BCUT2D eigenvalue weighted by molar-refractivity contribution is -0.132. The summed E-state index contributed by atoms with van der Waals surface area (Å²) in [5.74, 6) is 0.00577. The van der Waals surface area contributed by atoms with Crippen LogP contribution in [-0.4, -0.2) is 16.6 Å². The first-order valence-corrected chi connectivity index (χ1v) is 10.6. The monoisotopic (exact) mass is 496 g/mol. The minimum absolute atomic E-state index is 0.00577. The minimum Gasteiger partial charge on any atom is -0.273 e. The van der Waals surface area contributed by atoms with Gasteiger partial charge in [-0.05, 0) is 41.0 Å². The SMILES string of the molecule is O=C(Cc1ccccc1)N1N=C(c2ccc(Br)cc2)C[C@H]1c1ccc(Br)cc1. The van der Waals surface area contributed by atoms with E-state index in [2.05, 4.69) is 44.0 Å². The van der Waals surface area contributed by atoms with E-state index < -0.39 is 0 Å². The summed E-state index contributed by atoms with van der Waals surface area (Å²) in [4.78, 5) is 13.1. The summed E-state index contributed by atoms with van der Waals surface area (Å²) in [5, 5.41) is 6.40. The Kier molecular flexibility index (Phi) is 5.74. The standard InChI is InChI=1S/C23H18Br2N2O/c24-19-10-6-17(7-11-19)21-15-22(18-8-12-20(25)13-9-18)27(26-21)23(28)14-16-4-2-1-3-5-16/h1-13,22H,14-15H2/t22-/m0/s1. The van der Waals surface area contributed by atoms with Crippen molar-refractivity contribution in [3.63, 3.8) is 0 Å². The van der Waals surface area contributed by atoms with E-state index in [1.165, 1.54) is 0 Å². The number of rotatable bonds is 4. The molecule has 3 aromatic rings. The van der Waals surface area contributed by atoms with Crippen molar-refractivity contribution in [2.45, 2.75) is 18.9 Å². The summed E-state index contributed by atoms with van der Waals surface area (Å²) < 4.78 is 2.04. The van der Waals surface area contributed by atoms with Crippen molar-refractivity contribution in [2.24, 2.45) is 5.10 Å². The van der Waals surface area contributed by atoms with Crippen molar-refractivity contribution in [3.8, 4) is 0 Å². The zero-order valence-corrected chi connectivity index (χ0v) is 18.2. The van der Waals surface area contributed by atoms with Gasteiger partial charge in [0.25, 0.3) is 0 Å². The van der Waals surface area contributed by atoms with Gasteiger partial charge >= 0.3 is 0 Å². The van der Waals surface area contributed by atoms with E-state index in [1.54, 1.807) is 5.01 Å². The third-order valence-electron chi connectivity index (χ3n) is 4.80. The van der Waals surface area contributed by atoms with Crippen molar-refractivity contribution in [2.75, 3.05) is 0 Å². The molecule has 0 fully saturated rings. The Morgan fingerprint density at radius 1 is 0.893 bits per heavy atom. The van der Waals surface area contributed by atoms with E-state index in [9.17, 15) is 4.79 Å². The molecule has 0 radical (unpaired) electrons. The Labute approximate surface area is 181 Å². The Balaban J connectivity index is 1.65. The van der Waals surface area contributed by atoms with Gasteiger partial charge in [-0.3, -0.25) is 4.79 Å². The molecule has 0 unspecified atom stereocenters. The second-order valence-corrected chi connectivity index (χ2v) is 8.56. The molecular formula is C23H18Br2N2O. The number of nitrogens with zero attached hydrogens (tertiary/aromatic N) is 2. The van der Waals surface area contributed by atoms with Crippen LogP contribution in [0, 0.1) is 0 Å². The molecule has 0 aliphatic carbocycles. The minimum atomic E-state index is -0.0945. The summed E-state index contributed by atoms with van der Waals surface area (Å²) in [6, 6.07) is 25.9. The van der Waals surface area contributed by atoms with Crippen LogP contribution in [0.5, 0.6) is 0 Å². The number of halogens is 2. The molecule has 0 saturated heterocycles. The van der Waals surface area contributed by atoms with Crippen molar-refractivity contribution < 1.29 is 4.79 Å². The lowest BCUT2D eigenvalue weighted by Gasteiger charge is -2.22. The quantitative estimate of drug-likeness (QED) is 0.426. The maximum Gasteiger partial charge on any atom is 0.247 e. The van der Waals surface area contributed by atoms with Gasteiger partial charge in [0.05, 0.1) is 18.2 Å². The topological polar surface area (TPSA) is 32.7 Å². The molecule has 1 aliphatic rings. The fourth-order valence-corrected chi connectivity index (χ4v) is 3.88. The highest BCUT2D eigenvalue weighted by atomic mass is 79.9. The number of carbonyl (C=O) groups excluding carboxylic acids is 1. The molecule has 0 aromatic heterocycles. The molecule has 1 heterocycles. The predicted octanol–water partition coefficient (Wildman–Crippen LogP) is 6.13. The number of hydrogen-bond donors (Lipinski definition) is 0. The molecule has 3 nitrogen and oxygen atoms in total. The molecular weight excluding hydrogens is 480 g/mol. The van der Waals surface area contributed by atoms with Crippen LogP contribution in [0.25, 0.3) is 0 Å². The molecule has 1 amide bonds. The zero-order valence-electron chi connectivity index (χ0n) is 15.1. The van der Waals surface area contributed by atoms with Gasteiger partial charge in [0.1, 0.15) is 0 Å². The van der Waals surface area contributed by atoms with E-state index in [-0.39, 0.29) is 11.9 Å². The van der Waals surface area contributed by atoms with Crippen molar-refractivity contribution in [3.05, 3.63) is 104 Å². The van der Waals surface area contributed by atoms with Crippen molar-refractivity contribution in [1.82, 2.24) is 5.01 Å². The average molecular weight is 498 g/mol. The van der Waals surface area contributed by atoms with Gasteiger partial charge in [0, 0.05) is 15.4 Å². The summed E-state index contributed by atoms with van der Waals surface area (Å²) in [6.45, 7) is 0. The first kappa shape index (κ1) is 19.1. The van der Waals surface area contributed by atoms with Gasteiger partial charge in [-0.2, -0.15) is 5.10 Å². The van der Waals surface area contributed by atoms with E-state index in [0.717, 1.165) is 31.3 Å². The van der Waals surface area contributed by atoms with E-state index in [1.807, 2.05) is 66.7 Å². The third kappa shape index (κ3) is 4.26. The molecule has 4 rings (SSSR count). The first-order chi connectivity index (χ1) is 13.6. The predicted molar refractivity (Wildman–Crippen MR) is 119 cm³/mol. The van der Waals surface area contributed by atoms with E-state index in [0.29, 0.717) is 12.8 Å². The number of hydrogen-bond acceptors (Lipinski definition) is 2. The Morgan fingerprint density at radius 3 is 2.14 bits per heavy atom. The Morgan fingerprint density at radius 2 is 1.50 bits per heavy atom. The van der Waals surface area contributed by atoms with Crippen LogP contribution in [0.3, 0.4) is 0 Å². The Bertz CT molecular complexity index is 999. The first-order valence-electron chi connectivity index (χ1n) is 9.05. The molecule has 28 heavy (non-hydrogen) atoms. The maximum absolute atomic E-state index is 13.1. The highest BCUT2D eigenvalue weighted by molar-refractivity contribution is 9.10. The number of hydrazone groups is 1. The second kappa shape index (κ2) is 8.41. The van der Waals surface area contributed by atoms with E-state index in [4.69, 9.17) is 5.10 Å². The molecule has 3 aromatic carbocycles. The van der Waals surface area contributed by atoms with Crippen molar-refractivity contribution in [1.29, 1.82) is 0 Å². The van der Waals surface area contributed by atoms with Crippen LogP contribution in [0.15, 0.2) is 92.9 Å². The summed E-state index contributed by atoms with van der Waals surface area (Å²) in [6.07, 6.45) is 1.04. The zero-order chi connectivity index (χ0) is 19.5. The molecule has 140 valence electrons. The summed E-state index contributed by atoms with van der Waals surface area (Å²) >= 11 is 6.96. The van der Waals surface area contributed by atoms with E-state index >= 15 is 0 Å². The van der Waals surface area contributed by atoms with Crippen molar-refractivity contribution >= 4 is 43.5 Å². The molecule has 1 atom stereocenters. The summed E-state index contributed by atoms with van der Waals surface area (Å²) in [7, 11) is 0. The lowest BCUT2D eigenvalue weighted by atomic mass is 9.98. The highest BCUT2D eigenvalue weighted by Crippen LogP contribution is 2.34. The number of amides is 1. The van der Waals surface area contributed by atoms with Crippen LogP contribution >= 0.6 is 31.9 Å². The summed E-state index contributed by atoms with van der Waals surface area (Å²) in [5.41, 5.74) is 4.05. The second-order valence-electron chi connectivity index (χ2n) is 6.73. The van der Waals surface area contributed by atoms with Crippen LogP contribution in [0.1, 0.15) is 29.2 Å². The number of benzene rings is 3. The fourth-order valence-electron chi connectivity index (χ4n) is 3.35. The fraction of sp³-hybridized carbons (Fsp3) is 0.130. The largest absolute Gasteiger partial charge is 0.273 e. The molecule has 5 heteroatoms. The lowest BCUT2D eigenvalue weighted by Crippen LogP contribution is -2.28. The average Bonchev–Trinajstić information content (AvgIpc) is 3.15. The van der Waals surface area contributed by atoms with Gasteiger partial charge < -0.3 is 0 Å². The van der Waals surface area contributed by atoms with Gasteiger partial charge in [-0.15, -0.1) is 0 Å². The molecule has 0 N–H and O–H groups in total. The number of carbonyl (C=O) groups is 1. The van der Waals surface area contributed by atoms with Crippen LogP contribution < -0.4 is 0 Å². The smallest absolute Gasteiger partial charge is 0.247 e. The van der Waals surface area contributed by atoms with Gasteiger partial charge in [-0.1, -0.05) is 86.5 Å². The van der Waals surface area contributed by atoms with Crippen LogP contribution in [0.2, 0.25) is 0 Å². The molecule has 0 bridgehead atoms. The van der Waals surface area contributed by atoms with Gasteiger partial charge in [0.15, 0.2) is 0 Å². The highest BCUT2D eigenvalue weighted by Gasteiger charge is 2.32. The third-order valence-corrected chi connectivity index (χ3v) is 5.85. The molecule has 1 aliphatic heterocycles. The van der Waals surface area contributed by atoms with Gasteiger partial charge in [0.2, 0.25) is 5.91 Å². The maximum atomic E-state index is 13.1.